The van der Waals surface area contributed by atoms with Gasteiger partial charge >= 0.3 is 0 Å². The van der Waals surface area contributed by atoms with Gasteiger partial charge in [0.15, 0.2) is 0 Å². The van der Waals surface area contributed by atoms with Crippen LogP contribution in [-0.4, -0.2) is 6.54 Å². The Hall–Kier alpha value is -1.19. The summed E-state index contributed by atoms with van der Waals surface area (Å²) in [4.78, 5) is 1.49. The summed E-state index contributed by atoms with van der Waals surface area (Å²) < 4.78 is 14.3. The molecule has 0 saturated carbocycles. The van der Waals surface area contributed by atoms with Crippen LogP contribution in [0.3, 0.4) is 0 Å². The van der Waals surface area contributed by atoms with E-state index in [1.807, 2.05) is 23.5 Å². The van der Waals surface area contributed by atoms with Crippen molar-refractivity contribution in [2.45, 2.75) is 44.6 Å². The van der Waals surface area contributed by atoms with Crippen molar-refractivity contribution >= 4 is 11.3 Å². The Bertz CT molecular complexity index is 592. The summed E-state index contributed by atoms with van der Waals surface area (Å²) in [6, 6.07) is 9.55. The van der Waals surface area contributed by atoms with Crippen molar-refractivity contribution in [3.05, 3.63) is 57.5 Å². The van der Waals surface area contributed by atoms with Gasteiger partial charge in [0.2, 0.25) is 0 Å². The fourth-order valence-electron chi connectivity index (χ4n) is 3.36. The highest BCUT2D eigenvalue weighted by atomic mass is 32.1. The second-order valence-corrected chi connectivity index (χ2v) is 6.75. The van der Waals surface area contributed by atoms with Gasteiger partial charge in [-0.15, -0.1) is 11.3 Å². The van der Waals surface area contributed by atoms with E-state index in [1.54, 1.807) is 12.1 Å². The largest absolute Gasteiger partial charge is 0.309 e. The van der Waals surface area contributed by atoms with Crippen LogP contribution in [0, 0.1) is 5.82 Å². The summed E-state index contributed by atoms with van der Waals surface area (Å²) in [7, 11) is 0. The standard InChI is InChI=1S/C18H22FNS/c1-2-11-20-18(15-6-3-4-8-16(15)19)14-7-5-9-17-13(14)10-12-21-17/h3-4,6,8,10,12,14,18,20H,2,5,7,9,11H2,1H3. The zero-order valence-electron chi connectivity index (χ0n) is 12.4. The molecule has 0 fully saturated rings. The Kier molecular flexibility index (Phi) is 4.71. The second-order valence-electron chi connectivity index (χ2n) is 5.75. The molecule has 21 heavy (non-hydrogen) atoms. The third kappa shape index (κ3) is 3.04. The van der Waals surface area contributed by atoms with Gasteiger partial charge in [-0.05, 0) is 55.3 Å². The number of rotatable bonds is 5. The molecule has 0 aliphatic heterocycles. The van der Waals surface area contributed by atoms with Gasteiger partial charge in [-0.25, -0.2) is 4.39 Å². The summed E-state index contributed by atoms with van der Waals surface area (Å²) in [5.41, 5.74) is 2.25. The van der Waals surface area contributed by atoms with Gasteiger partial charge in [-0.1, -0.05) is 25.1 Å². The summed E-state index contributed by atoms with van der Waals surface area (Å²) in [6.45, 7) is 3.08. The van der Waals surface area contributed by atoms with Crippen LogP contribution < -0.4 is 5.32 Å². The monoisotopic (exact) mass is 303 g/mol. The topological polar surface area (TPSA) is 12.0 Å². The smallest absolute Gasteiger partial charge is 0.128 e. The minimum absolute atomic E-state index is 0.0831. The van der Waals surface area contributed by atoms with Gasteiger partial charge in [0.05, 0.1) is 0 Å². The average Bonchev–Trinajstić information content (AvgIpc) is 2.98. The van der Waals surface area contributed by atoms with E-state index in [-0.39, 0.29) is 11.9 Å². The highest BCUT2D eigenvalue weighted by Gasteiger charge is 2.30. The van der Waals surface area contributed by atoms with Gasteiger partial charge in [-0.3, -0.25) is 0 Å². The molecule has 3 rings (SSSR count). The first kappa shape index (κ1) is 14.7. The minimum atomic E-state index is -0.0894. The highest BCUT2D eigenvalue weighted by molar-refractivity contribution is 7.10. The number of benzene rings is 1. The highest BCUT2D eigenvalue weighted by Crippen LogP contribution is 2.42. The Labute approximate surface area is 130 Å². The van der Waals surface area contributed by atoms with Crippen molar-refractivity contribution < 1.29 is 4.39 Å². The number of thiophene rings is 1. The SMILES string of the molecule is CCCNC(c1ccccc1F)C1CCCc2sccc21. The van der Waals surface area contributed by atoms with E-state index in [0.29, 0.717) is 5.92 Å². The second kappa shape index (κ2) is 6.71. The Morgan fingerprint density at radius 3 is 3.00 bits per heavy atom. The lowest BCUT2D eigenvalue weighted by molar-refractivity contribution is 0.392. The Morgan fingerprint density at radius 2 is 2.19 bits per heavy atom. The predicted molar refractivity (Wildman–Crippen MR) is 87.4 cm³/mol. The van der Waals surface area contributed by atoms with Crippen molar-refractivity contribution in [3.63, 3.8) is 0 Å². The molecule has 1 aromatic heterocycles. The van der Waals surface area contributed by atoms with Crippen LogP contribution in [0.15, 0.2) is 35.7 Å². The van der Waals surface area contributed by atoms with E-state index in [0.717, 1.165) is 24.9 Å². The van der Waals surface area contributed by atoms with Crippen LogP contribution in [0.25, 0.3) is 0 Å². The molecule has 1 N–H and O–H groups in total. The lowest BCUT2D eigenvalue weighted by Gasteiger charge is -2.32. The van der Waals surface area contributed by atoms with Gasteiger partial charge in [-0.2, -0.15) is 0 Å². The average molecular weight is 303 g/mol. The van der Waals surface area contributed by atoms with Crippen LogP contribution in [0.4, 0.5) is 4.39 Å². The van der Waals surface area contributed by atoms with Crippen LogP contribution in [0.2, 0.25) is 0 Å². The van der Waals surface area contributed by atoms with E-state index < -0.39 is 0 Å². The number of hydrogen-bond donors (Lipinski definition) is 1. The molecule has 0 saturated heterocycles. The van der Waals surface area contributed by atoms with Gasteiger partial charge in [0.25, 0.3) is 0 Å². The van der Waals surface area contributed by atoms with Gasteiger partial charge < -0.3 is 5.32 Å². The van der Waals surface area contributed by atoms with Crippen molar-refractivity contribution in [2.75, 3.05) is 6.54 Å². The van der Waals surface area contributed by atoms with E-state index in [4.69, 9.17) is 0 Å². The molecule has 0 radical (unpaired) electrons. The van der Waals surface area contributed by atoms with Crippen LogP contribution in [0.1, 0.15) is 54.1 Å². The molecule has 1 aliphatic rings. The minimum Gasteiger partial charge on any atom is -0.309 e. The van der Waals surface area contributed by atoms with E-state index in [2.05, 4.69) is 23.7 Å². The summed E-state index contributed by atoms with van der Waals surface area (Å²) in [5, 5.41) is 5.77. The van der Waals surface area contributed by atoms with Crippen molar-refractivity contribution in [1.82, 2.24) is 5.32 Å². The molecule has 3 heteroatoms. The first-order chi connectivity index (χ1) is 10.3. The maximum Gasteiger partial charge on any atom is 0.128 e. The lowest BCUT2D eigenvalue weighted by Crippen LogP contribution is -2.30. The normalized spacial score (nSPS) is 19.2. The van der Waals surface area contributed by atoms with Gasteiger partial charge in [0.1, 0.15) is 5.82 Å². The Morgan fingerprint density at radius 1 is 1.33 bits per heavy atom. The predicted octanol–water partition coefficient (Wildman–Crippen LogP) is 5.05. The number of hydrogen-bond acceptors (Lipinski definition) is 2. The summed E-state index contributed by atoms with van der Waals surface area (Å²) >= 11 is 1.85. The molecule has 0 bridgehead atoms. The molecule has 2 unspecified atom stereocenters. The molecular formula is C18H22FNS. The van der Waals surface area contributed by atoms with Crippen molar-refractivity contribution in [1.29, 1.82) is 0 Å². The quantitative estimate of drug-likeness (QED) is 0.815. The molecule has 2 atom stereocenters. The molecule has 112 valence electrons. The van der Waals surface area contributed by atoms with Crippen molar-refractivity contribution in [2.24, 2.45) is 0 Å². The molecule has 0 spiro atoms. The molecule has 1 nitrogen and oxygen atoms in total. The third-order valence-corrected chi connectivity index (χ3v) is 5.35. The molecule has 1 aromatic carbocycles. The zero-order chi connectivity index (χ0) is 14.7. The third-order valence-electron chi connectivity index (χ3n) is 4.36. The molecular weight excluding hydrogens is 281 g/mol. The number of nitrogens with one attached hydrogen (secondary N) is 1. The molecule has 1 heterocycles. The van der Waals surface area contributed by atoms with Crippen molar-refractivity contribution in [3.8, 4) is 0 Å². The van der Waals surface area contributed by atoms with Crippen LogP contribution >= 0.6 is 11.3 Å². The number of halogens is 1. The fourth-order valence-corrected chi connectivity index (χ4v) is 4.36. The lowest BCUT2D eigenvalue weighted by atomic mass is 9.79. The molecule has 0 amide bonds. The van der Waals surface area contributed by atoms with Gasteiger partial charge in [0, 0.05) is 22.4 Å². The van der Waals surface area contributed by atoms with E-state index in [9.17, 15) is 4.39 Å². The van der Waals surface area contributed by atoms with Crippen LogP contribution in [-0.2, 0) is 6.42 Å². The number of fused-ring (bicyclic) bond motifs is 1. The zero-order valence-corrected chi connectivity index (χ0v) is 13.3. The summed E-state index contributed by atoms with van der Waals surface area (Å²) in [5.74, 6) is 0.303. The van der Waals surface area contributed by atoms with Crippen LogP contribution in [0.5, 0.6) is 0 Å². The molecule has 1 aliphatic carbocycles. The van der Waals surface area contributed by atoms with E-state index in [1.165, 1.54) is 23.3 Å². The Balaban J connectivity index is 1.96. The fraction of sp³-hybridized carbons (Fsp3) is 0.444. The first-order valence-electron chi connectivity index (χ1n) is 7.85. The molecule has 2 aromatic rings. The summed E-state index contributed by atoms with van der Waals surface area (Å²) in [6.07, 6.45) is 4.59. The van der Waals surface area contributed by atoms with E-state index >= 15 is 0 Å². The maximum absolute atomic E-state index is 14.3. The first-order valence-corrected chi connectivity index (χ1v) is 8.73. The maximum atomic E-state index is 14.3. The number of aryl methyl sites for hydroxylation is 1.